The zero-order valence-corrected chi connectivity index (χ0v) is 13.5. The molecule has 0 unspecified atom stereocenters. The molecule has 2 rings (SSSR count). The first kappa shape index (κ1) is 16.6. The molecule has 2 aromatic carbocycles. The maximum atomic E-state index is 13.5. The predicted molar refractivity (Wildman–Crippen MR) is 87.5 cm³/mol. The molecule has 1 N–H and O–H groups in total. The zero-order chi connectivity index (χ0) is 15.9. The van der Waals surface area contributed by atoms with Crippen LogP contribution >= 0.6 is 23.4 Å². The number of carbonyl (C=O) groups is 1. The van der Waals surface area contributed by atoms with E-state index in [-0.39, 0.29) is 17.2 Å². The maximum absolute atomic E-state index is 13.5. The second-order valence-electron chi connectivity index (χ2n) is 4.41. The molecule has 0 bridgehead atoms. The normalized spacial score (nSPS) is 10.3. The van der Waals surface area contributed by atoms with Crippen LogP contribution in [0.4, 0.5) is 4.39 Å². The molecule has 22 heavy (non-hydrogen) atoms. The van der Waals surface area contributed by atoms with Crippen molar-refractivity contribution in [2.45, 2.75) is 4.90 Å². The number of carbonyl (C=O) groups excluding carboxylic acids is 1. The van der Waals surface area contributed by atoms with Crippen LogP contribution in [-0.4, -0.2) is 25.3 Å². The van der Waals surface area contributed by atoms with Crippen molar-refractivity contribution in [2.75, 3.05) is 19.4 Å². The van der Waals surface area contributed by atoms with Crippen LogP contribution in [0.2, 0.25) is 5.02 Å². The van der Waals surface area contributed by atoms with Crippen molar-refractivity contribution in [2.24, 2.45) is 0 Å². The molecule has 0 heterocycles. The Labute approximate surface area is 137 Å². The first-order valence-corrected chi connectivity index (χ1v) is 7.96. The van der Waals surface area contributed by atoms with Crippen LogP contribution in [0.25, 0.3) is 0 Å². The maximum Gasteiger partial charge on any atom is 0.251 e. The van der Waals surface area contributed by atoms with Crippen molar-refractivity contribution in [3.05, 3.63) is 58.9 Å². The summed E-state index contributed by atoms with van der Waals surface area (Å²) in [5, 5.41) is 3.45. The molecule has 0 aromatic heterocycles. The van der Waals surface area contributed by atoms with Gasteiger partial charge >= 0.3 is 0 Å². The van der Waals surface area contributed by atoms with Crippen LogP contribution < -0.4 is 10.1 Å². The standard InChI is InChI=1S/C16H15ClFNO2S/c1-21-15-7-2-11(10-14(15)18)16(20)19-8-9-22-13-5-3-12(17)4-6-13/h2-7,10H,8-9H2,1H3,(H,19,20). The van der Waals surface area contributed by atoms with Crippen LogP contribution in [0.5, 0.6) is 5.75 Å². The fourth-order valence-corrected chi connectivity index (χ4v) is 2.67. The van der Waals surface area contributed by atoms with Gasteiger partial charge < -0.3 is 10.1 Å². The number of hydrogen-bond donors (Lipinski definition) is 1. The highest BCUT2D eigenvalue weighted by atomic mass is 35.5. The highest BCUT2D eigenvalue weighted by molar-refractivity contribution is 7.99. The fraction of sp³-hybridized carbons (Fsp3) is 0.188. The van der Waals surface area contributed by atoms with Crippen LogP contribution in [0.3, 0.4) is 0 Å². The molecule has 116 valence electrons. The molecular formula is C16H15ClFNO2S. The van der Waals surface area contributed by atoms with Gasteiger partial charge in [-0.2, -0.15) is 0 Å². The molecule has 0 fully saturated rings. The lowest BCUT2D eigenvalue weighted by Gasteiger charge is -2.07. The van der Waals surface area contributed by atoms with Crippen LogP contribution in [0, 0.1) is 5.82 Å². The van der Waals surface area contributed by atoms with Gasteiger partial charge in [-0.15, -0.1) is 11.8 Å². The van der Waals surface area contributed by atoms with Gasteiger partial charge in [0.25, 0.3) is 5.91 Å². The lowest BCUT2D eigenvalue weighted by molar-refractivity contribution is 0.0955. The lowest BCUT2D eigenvalue weighted by atomic mass is 10.2. The molecule has 0 aliphatic heterocycles. The summed E-state index contributed by atoms with van der Waals surface area (Å²) >= 11 is 7.42. The highest BCUT2D eigenvalue weighted by Crippen LogP contribution is 2.20. The van der Waals surface area contributed by atoms with Gasteiger partial charge in [0.1, 0.15) is 0 Å². The Morgan fingerprint density at radius 1 is 1.27 bits per heavy atom. The van der Waals surface area contributed by atoms with E-state index in [4.69, 9.17) is 16.3 Å². The summed E-state index contributed by atoms with van der Waals surface area (Å²) in [6, 6.07) is 11.6. The van der Waals surface area contributed by atoms with E-state index in [0.29, 0.717) is 17.3 Å². The molecule has 0 aliphatic carbocycles. The minimum atomic E-state index is -0.550. The molecule has 3 nitrogen and oxygen atoms in total. The molecule has 0 saturated carbocycles. The number of rotatable bonds is 6. The highest BCUT2D eigenvalue weighted by Gasteiger charge is 2.09. The average molecular weight is 340 g/mol. The van der Waals surface area contributed by atoms with Crippen LogP contribution in [-0.2, 0) is 0 Å². The third-order valence-electron chi connectivity index (χ3n) is 2.88. The van der Waals surface area contributed by atoms with Crippen molar-refractivity contribution in [3.8, 4) is 5.75 Å². The van der Waals surface area contributed by atoms with E-state index >= 15 is 0 Å². The second-order valence-corrected chi connectivity index (χ2v) is 6.01. The van der Waals surface area contributed by atoms with E-state index in [1.807, 2.05) is 24.3 Å². The van der Waals surface area contributed by atoms with E-state index < -0.39 is 5.82 Å². The summed E-state index contributed by atoms with van der Waals surface area (Å²) in [4.78, 5) is 13.0. The van der Waals surface area contributed by atoms with Gasteiger partial charge in [0.05, 0.1) is 7.11 Å². The van der Waals surface area contributed by atoms with Crippen molar-refractivity contribution >= 4 is 29.3 Å². The lowest BCUT2D eigenvalue weighted by Crippen LogP contribution is -2.25. The molecule has 0 spiro atoms. The summed E-state index contributed by atoms with van der Waals surface area (Å²) in [5.74, 6) is -0.0229. The topological polar surface area (TPSA) is 38.3 Å². The molecule has 1 amide bonds. The number of benzene rings is 2. The van der Waals surface area contributed by atoms with Gasteiger partial charge in [0.2, 0.25) is 0 Å². The number of methoxy groups -OCH3 is 1. The molecule has 0 radical (unpaired) electrons. The minimum absolute atomic E-state index is 0.120. The SMILES string of the molecule is COc1ccc(C(=O)NCCSc2ccc(Cl)cc2)cc1F. The predicted octanol–water partition coefficient (Wildman–Crippen LogP) is 4.01. The third kappa shape index (κ3) is 4.64. The summed E-state index contributed by atoms with van der Waals surface area (Å²) in [6.45, 7) is 0.486. The average Bonchev–Trinajstić information content (AvgIpc) is 2.53. The van der Waals surface area contributed by atoms with E-state index in [0.717, 1.165) is 4.90 Å². The van der Waals surface area contributed by atoms with Gasteiger partial charge in [-0.3, -0.25) is 4.79 Å². The van der Waals surface area contributed by atoms with Crippen molar-refractivity contribution in [3.63, 3.8) is 0 Å². The summed E-state index contributed by atoms with van der Waals surface area (Å²) < 4.78 is 18.3. The first-order chi connectivity index (χ1) is 10.6. The molecular weight excluding hydrogens is 325 g/mol. The smallest absolute Gasteiger partial charge is 0.251 e. The van der Waals surface area contributed by atoms with Crippen molar-refractivity contribution < 1.29 is 13.9 Å². The molecule has 0 aliphatic rings. The van der Waals surface area contributed by atoms with E-state index in [2.05, 4.69) is 5.32 Å². The molecule has 0 atom stereocenters. The second kappa shape index (κ2) is 8.06. The summed E-state index contributed by atoms with van der Waals surface area (Å²) in [6.07, 6.45) is 0. The monoisotopic (exact) mass is 339 g/mol. The first-order valence-electron chi connectivity index (χ1n) is 6.60. The van der Waals surface area contributed by atoms with Crippen LogP contribution in [0.15, 0.2) is 47.4 Å². The van der Waals surface area contributed by atoms with Crippen LogP contribution in [0.1, 0.15) is 10.4 Å². The van der Waals surface area contributed by atoms with E-state index in [1.165, 1.54) is 25.3 Å². The third-order valence-corrected chi connectivity index (χ3v) is 4.15. The number of nitrogens with one attached hydrogen (secondary N) is 1. The Morgan fingerprint density at radius 2 is 2.00 bits per heavy atom. The Balaban J connectivity index is 1.80. The quantitative estimate of drug-likeness (QED) is 0.638. The van der Waals surface area contributed by atoms with Gasteiger partial charge in [-0.1, -0.05) is 11.6 Å². The van der Waals surface area contributed by atoms with Gasteiger partial charge in [-0.05, 0) is 42.5 Å². The minimum Gasteiger partial charge on any atom is -0.494 e. The Morgan fingerprint density at radius 3 is 2.64 bits per heavy atom. The van der Waals surface area contributed by atoms with E-state index in [1.54, 1.807) is 11.8 Å². The summed E-state index contributed by atoms with van der Waals surface area (Å²) in [7, 11) is 1.38. The molecule has 6 heteroatoms. The Kier molecular flexibility index (Phi) is 6.10. The van der Waals surface area contributed by atoms with Gasteiger partial charge in [-0.25, -0.2) is 4.39 Å². The number of amides is 1. The van der Waals surface area contributed by atoms with Crippen molar-refractivity contribution in [1.82, 2.24) is 5.32 Å². The van der Waals surface area contributed by atoms with E-state index in [9.17, 15) is 9.18 Å². The number of hydrogen-bond acceptors (Lipinski definition) is 3. The summed E-state index contributed by atoms with van der Waals surface area (Å²) in [5.41, 5.74) is 0.273. The molecule has 0 saturated heterocycles. The van der Waals surface area contributed by atoms with Gasteiger partial charge in [0.15, 0.2) is 11.6 Å². The number of ether oxygens (including phenoxy) is 1. The largest absolute Gasteiger partial charge is 0.494 e. The number of thioether (sulfide) groups is 1. The van der Waals surface area contributed by atoms with Crippen molar-refractivity contribution in [1.29, 1.82) is 0 Å². The Hall–Kier alpha value is -1.72. The zero-order valence-electron chi connectivity index (χ0n) is 11.9. The fourth-order valence-electron chi connectivity index (χ4n) is 1.77. The van der Waals surface area contributed by atoms with Gasteiger partial charge in [0, 0.05) is 27.8 Å². The Bertz CT molecular complexity index is 649. The number of halogens is 2. The molecule has 2 aromatic rings.